The minimum Gasteiger partial charge on any atom is -0.319 e. The Morgan fingerprint density at radius 2 is 2.11 bits per heavy atom. The van der Waals surface area contributed by atoms with E-state index in [1.807, 2.05) is 19.2 Å². The molecule has 0 saturated carbocycles. The van der Waals surface area contributed by atoms with Crippen molar-refractivity contribution in [1.82, 2.24) is 10.2 Å². The zero-order valence-electron chi connectivity index (χ0n) is 12.8. The fourth-order valence-electron chi connectivity index (χ4n) is 2.48. The van der Waals surface area contributed by atoms with Crippen LogP contribution in [0.1, 0.15) is 38.8 Å². The Kier molecular flexibility index (Phi) is 6.31. The van der Waals surface area contributed by atoms with Crippen molar-refractivity contribution in [3.63, 3.8) is 0 Å². The van der Waals surface area contributed by atoms with Gasteiger partial charge < -0.3 is 5.32 Å². The summed E-state index contributed by atoms with van der Waals surface area (Å²) in [6, 6.07) is 8.53. The van der Waals surface area contributed by atoms with E-state index in [2.05, 4.69) is 50.2 Å². The van der Waals surface area contributed by atoms with Gasteiger partial charge in [0.15, 0.2) is 0 Å². The summed E-state index contributed by atoms with van der Waals surface area (Å²) >= 11 is 6.08. The van der Waals surface area contributed by atoms with Gasteiger partial charge in [-0.25, -0.2) is 0 Å². The first kappa shape index (κ1) is 16.5. The first-order valence-electron chi connectivity index (χ1n) is 7.02. The lowest BCUT2D eigenvalue weighted by atomic mass is 9.86. The van der Waals surface area contributed by atoms with Crippen LogP contribution in [-0.2, 0) is 0 Å². The monoisotopic (exact) mass is 282 g/mol. The molecule has 0 spiro atoms. The minimum absolute atomic E-state index is 0.302. The van der Waals surface area contributed by atoms with Crippen molar-refractivity contribution in [3.05, 3.63) is 34.9 Å². The average Bonchev–Trinajstić information content (AvgIpc) is 2.38. The van der Waals surface area contributed by atoms with Gasteiger partial charge in [0.25, 0.3) is 0 Å². The van der Waals surface area contributed by atoms with E-state index in [0.29, 0.717) is 11.5 Å². The molecule has 19 heavy (non-hydrogen) atoms. The Morgan fingerprint density at radius 1 is 1.42 bits per heavy atom. The first-order valence-corrected chi connectivity index (χ1v) is 7.40. The van der Waals surface area contributed by atoms with Crippen LogP contribution >= 0.6 is 11.6 Å². The number of nitrogens with one attached hydrogen (secondary N) is 1. The van der Waals surface area contributed by atoms with Gasteiger partial charge in [-0.15, -0.1) is 0 Å². The maximum atomic E-state index is 6.08. The molecule has 0 aromatic heterocycles. The smallest absolute Gasteiger partial charge is 0.0409 e. The fraction of sp³-hybridized carbons (Fsp3) is 0.625. The topological polar surface area (TPSA) is 15.3 Å². The van der Waals surface area contributed by atoms with E-state index in [0.717, 1.165) is 18.1 Å². The van der Waals surface area contributed by atoms with Crippen LogP contribution in [0.3, 0.4) is 0 Å². The van der Waals surface area contributed by atoms with Gasteiger partial charge in [-0.1, -0.05) is 37.6 Å². The van der Waals surface area contributed by atoms with Gasteiger partial charge in [0.2, 0.25) is 0 Å². The Labute approximate surface area is 123 Å². The largest absolute Gasteiger partial charge is 0.319 e. The Balaban J connectivity index is 2.74. The second-order valence-corrected chi connectivity index (χ2v) is 6.28. The highest BCUT2D eigenvalue weighted by atomic mass is 35.5. The van der Waals surface area contributed by atoms with Crippen molar-refractivity contribution < 1.29 is 0 Å². The van der Waals surface area contributed by atoms with Gasteiger partial charge in [-0.2, -0.15) is 0 Å². The third-order valence-electron chi connectivity index (χ3n) is 4.08. The standard InChI is InChI=1S/C16H27ClN2/c1-6-16(3,11-18-4)12-19(5)13(2)14-8-7-9-15(17)10-14/h7-10,13,18H,6,11-12H2,1-5H3. The predicted octanol–water partition coefficient (Wildman–Crippen LogP) is 3.97. The van der Waals surface area contributed by atoms with E-state index < -0.39 is 0 Å². The molecule has 0 heterocycles. The van der Waals surface area contributed by atoms with Gasteiger partial charge >= 0.3 is 0 Å². The van der Waals surface area contributed by atoms with Gasteiger partial charge in [-0.05, 0) is 50.6 Å². The SMILES string of the molecule is CCC(C)(CNC)CN(C)C(C)c1cccc(Cl)c1. The molecule has 1 aromatic rings. The highest BCUT2D eigenvalue weighted by Gasteiger charge is 2.25. The Bertz CT molecular complexity index is 394. The zero-order valence-corrected chi connectivity index (χ0v) is 13.6. The van der Waals surface area contributed by atoms with Crippen LogP contribution < -0.4 is 5.32 Å². The fourth-order valence-corrected chi connectivity index (χ4v) is 2.68. The van der Waals surface area contributed by atoms with E-state index in [1.54, 1.807) is 0 Å². The molecular weight excluding hydrogens is 256 g/mol. The molecule has 0 amide bonds. The number of rotatable bonds is 7. The molecule has 0 bridgehead atoms. The number of benzene rings is 1. The molecule has 3 heteroatoms. The van der Waals surface area contributed by atoms with E-state index in [9.17, 15) is 0 Å². The van der Waals surface area contributed by atoms with Gasteiger partial charge in [0.05, 0.1) is 0 Å². The molecule has 0 aliphatic carbocycles. The second-order valence-electron chi connectivity index (χ2n) is 5.84. The van der Waals surface area contributed by atoms with Crippen molar-refractivity contribution in [2.24, 2.45) is 5.41 Å². The molecule has 1 rings (SSSR count). The maximum Gasteiger partial charge on any atom is 0.0409 e. The Hall–Kier alpha value is -0.570. The molecule has 0 fully saturated rings. The average molecular weight is 283 g/mol. The van der Waals surface area contributed by atoms with E-state index in [-0.39, 0.29) is 0 Å². The summed E-state index contributed by atoms with van der Waals surface area (Å²) in [6.07, 6.45) is 1.17. The minimum atomic E-state index is 0.302. The molecule has 2 unspecified atom stereocenters. The molecular formula is C16H27ClN2. The molecule has 0 aliphatic heterocycles. The lowest BCUT2D eigenvalue weighted by Crippen LogP contribution is -2.40. The highest BCUT2D eigenvalue weighted by molar-refractivity contribution is 6.30. The predicted molar refractivity (Wildman–Crippen MR) is 84.8 cm³/mol. The van der Waals surface area contributed by atoms with Crippen molar-refractivity contribution >= 4 is 11.6 Å². The lowest BCUT2D eigenvalue weighted by Gasteiger charge is -2.36. The first-order chi connectivity index (χ1) is 8.91. The lowest BCUT2D eigenvalue weighted by molar-refractivity contribution is 0.149. The van der Waals surface area contributed by atoms with Crippen LogP contribution in [0.15, 0.2) is 24.3 Å². The summed E-state index contributed by atoms with van der Waals surface area (Å²) in [7, 11) is 4.21. The quantitative estimate of drug-likeness (QED) is 0.814. The number of nitrogens with zero attached hydrogens (tertiary/aromatic N) is 1. The Morgan fingerprint density at radius 3 is 2.63 bits per heavy atom. The molecule has 0 radical (unpaired) electrons. The number of halogens is 1. The van der Waals surface area contributed by atoms with Crippen LogP contribution in [0.2, 0.25) is 5.02 Å². The molecule has 0 saturated heterocycles. The molecule has 0 aliphatic rings. The maximum absolute atomic E-state index is 6.08. The van der Waals surface area contributed by atoms with Crippen molar-refractivity contribution in [2.45, 2.75) is 33.2 Å². The van der Waals surface area contributed by atoms with E-state index in [1.165, 1.54) is 12.0 Å². The number of hydrogen-bond acceptors (Lipinski definition) is 2. The van der Waals surface area contributed by atoms with Crippen LogP contribution in [0.4, 0.5) is 0 Å². The highest BCUT2D eigenvalue weighted by Crippen LogP contribution is 2.27. The van der Waals surface area contributed by atoms with Gasteiger partial charge in [0, 0.05) is 24.2 Å². The van der Waals surface area contributed by atoms with Crippen LogP contribution in [0, 0.1) is 5.41 Å². The van der Waals surface area contributed by atoms with Crippen LogP contribution in [-0.4, -0.2) is 32.1 Å². The molecule has 2 atom stereocenters. The third kappa shape index (κ3) is 4.79. The summed E-state index contributed by atoms with van der Waals surface area (Å²) in [5.74, 6) is 0. The van der Waals surface area contributed by atoms with E-state index in [4.69, 9.17) is 11.6 Å². The summed E-state index contributed by atoms with van der Waals surface area (Å²) in [5.41, 5.74) is 1.58. The summed E-state index contributed by atoms with van der Waals surface area (Å²) in [5, 5.41) is 4.12. The van der Waals surface area contributed by atoms with Crippen molar-refractivity contribution in [3.8, 4) is 0 Å². The van der Waals surface area contributed by atoms with Gasteiger partial charge in [0.1, 0.15) is 0 Å². The van der Waals surface area contributed by atoms with E-state index >= 15 is 0 Å². The number of hydrogen-bond donors (Lipinski definition) is 1. The van der Waals surface area contributed by atoms with Crippen LogP contribution in [0.25, 0.3) is 0 Å². The molecule has 1 aromatic carbocycles. The summed E-state index contributed by atoms with van der Waals surface area (Å²) in [4.78, 5) is 2.41. The van der Waals surface area contributed by atoms with Gasteiger partial charge in [-0.3, -0.25) is 4.90 Å². The summed E-state index contributed by atoms with van der Waals surface area (Å²) in [6.45, 7) is 8.94. The van der Waals surface area contributed by atoms with Crippen molar-refractivity contribution in [2.75, 3.05) is 27.2 Å². The zero-order chi connectivity index (χ0) is 14.5. The third-order valence-corrected chi connectivity index (χ3v) is 4.32. The van der Waals surface area contributed by atoms with Crippen LogP contribution in [0.5, 0.6) is 0 Å². The summed E-state index contributed by atoms with van der Waals surface area (Å²) < 4.78 is 0. The second kappa shape index (κ2) is 7.28. The molecule has 108 valence electrons. The normalized spacial score (nSPS) is 16.4. The molecule has 1 N–H and O–H groups in total. The van der Waals surface area contributed by atoms with Crippen molar-refractivity contribution in [1.29, 1.82) is 0 Å². The molecule has 2 nitrogen and oxygen atoms in total.